The smallest absolute Gasteiger partial charge is 0.251 e. The van der Waals surface area contributed by atoms with Crippen molar-refractivity contribution in [3.63, 3.8) is 0 Å². The van der Waals surface area contributed by atoms with Gasteiger partial charge in [0.05, 0.1) is 13.2 Å². The van der Waals surface area contributed by atoms with Crippen molar-refractivity contribution in [3.8, 4) is 0 Å². The van der Waals surface area contributed by atoms with Crippen LogP contribution in [0.1, 0.15) is 43.1 Å². The molecule has 8 heteroatoms. The minimum Gasteiger partial charge on any atom is -0.380 e. The first-order valence-corrected chi connectivity index (χ1v) is 10.5. The molecule has 0 fully saturated rings. The molecule has 1 aromatic rings. The van der Waals surface area contributed by atoms with Crippen molar-refractivity contribution in [2.45, 2.75) is 33.7 Å². The summed E-state index contributed by atoms with van der Waals surface area (Å²) < 4.78 is 5.63. The summed E-state index contributed by atoms with van der Waals surface area (Å²) in [5.74, 6) is 1.36. The average molecular weight is 533 g/mol. The van der Waals surface area contributed by atoms with E-state index in [4.69, 9.17) is 4.74 Å². The van der Waals surface area contributed by atoms with E-state index < -0.39 is 0 Å². The molecule has 3 N–H and O–H groups in total. The van der Waals surface area contributed by atoms with Gasteiger partial charge in [0.25, 0.3) is 5.91 Å². The second-order valence-electron chi connectivity index (χ2n) is 7.68. The van der Waals surface area contributed by atoms with Crippen LogP contribution in [0, 0.1) is 5.92 Å². The minimum atomic E-state index is -0.0544. The molecular formula is C22H40IN5O2. The molecule has 0 saturated carbocycles. The van der Waals surface area contributed by atoms with Gasteiger partial charge in [-0.3, -0.25) is 4.79 Å². The lowest BCUT2D eigenvalue weighted by Crippen LogP contribution is -2.39. The molecule has 30 heavy (non-hydrogen) atoms. The SMILES string of the molecule is CCNC(=NCc1cccc(C(=O)NCCN(C)C)c1)NCCOCCC(C)C.I. The topological polar surface area (TPSA) is 78.0 Å². The zero-order valence-corrected chi connectivity index (χ0v) is 21.5. The highest BCUT2D eigenvalue weighted by Gasteiger charge is 2.06. The number of hydrogen-bond acceptors (Lipinski definition) is 4. The fraction of sp³-hybridized carbons (Fsp3) is 0.636. The van der Waals surface area contributed by atoms with Crippen molar-refractivity contribution in [3.05, 3.63) is 35.4 Å². The van der Waals surface area contributed by atoms with Crippen molar-refractivity contribution in [2.75, 3.05) is 53.5 Å². The number of halogens is 1. The van der Waals surface area contributed by atoms with Crippen LogP contribution in [0.3, 0.4) is 0 Å². The van der Waals surface area contributed by atoms with Crippen LogP contribution in [0.5, 0.6) is 0 Å². The third-order valence-electron chi connectivity index (χ3n) is 4.18. The molecule has 0 aliphatic heterocycles. The first-order chi connectivity index (χ1) is 13.9. The molecule has 0 bridgehead atoms. The Morgan fingerprint density at radius 2 is 1.90 bits per heavy atom. The number of nitrogens with zero attached hydrogens (tertiary/aromatic N) is 2. The molecular weight excluding hydrogens is 493 g/mol. The summed E-state index contributed by atoms with van der Waals surface area (Å²) in [5.41, 5.74) is 1.66. The Kier molecular flexibility index (Phi) is 16.5. The minimum absolute atomic E-state index is 0. The number of hydrogen-bond donors (Lipinski definition) is 3. The predicted octanol–water partition coefficient (Wildman–Crippen LogP) is 2.71. The quantitative estimate of drug-likeness (QED) is 0.157. The van der Waals surface area contributed by atoms with Gasteiger partial charge >= 0.3 is 0 Å². The first-order valence-electron chi connectivity index (χ1n) is 10.5. The summed E-state index contributed by atoms with van der Waals surface area (Å²) in [6, 6.07) is 7.61. The van der Waals surface area contributed by atoms with Crippen molar-refractivity contribution < 1.29 is 9.53 Å². The number of amides is 1. The van der Waals surface area contributed by atoms with E-state index in [1.54, 1.807) is 0 Å². The lowest BCUT2D eigenvalue weighted by molar-refractivity contribution is 0.0951. The van der Waals surface area contributed by atoms with E-state index in [0.29, 0.717) is 37.7 Å². The molecule has 0 spiro atoms. The van der Waals surface area contributed by atoms with Crippen molar-refractivity contribution in [1.29, 1.82) is 0 Å². The molecule has 1 rings (SSSR count). The van der Waals surface area contributed by atoms with Crippen LogP contribution in [0.25, 0.3) is 0 Å². The number of benzene rings is 1. The van der Waals surface area contributed by atoms with Crippen molar-refractivity contribution >= 4 is 35.8 Å². The van der Waals surface area contributed by atoms with Gasteiger partial charge in [-0.2, -0.15) is 0 Å². The van der Waals surface area contributed by atoms with E-state index in [-0.39, 0.29) is 29.9 Å². The lowest BCUT2D eigenvalue weighted by Gasteiger charge is -2.12. The van der Waals surface area contributed by atoms with Gasteiger partial charge in [-0.25, -0.2) is 4.99 Å². The number of nitrogens with one attached hydrogen (secondary N) is 3. The zero-order chi connectivity index (χ0) is 21.5. The van der Waals surface area contributed by atoms with E-state index >= 15 is 0 Å². The highest BCUT2D eigenvalue weighted by Crippen LogP contribution is 2.07. The lowest BCUT2D eigenvalue weighted by atomic mass is 10.1. The second-order valence-corrected chi connectivity index (χ2v) is 7.68. The highest BCUT2D eigenvalue weighted by molar-refractivity contribution is 14.0. The Bertz CT molecular complexity index is 623. The number of carbonyl (C=O) groups is 1. The fourth-order valence-electron chi connectivity index (χ4n) is 2.48. The number of guanidine groups is 1. The van der Waals surface area contributed by atoms with E-state index in [1.807, 2.05) is 50.2 Å². The van der Waals surface area contributed by atoms with Crippen LogP contribution in [-0.4, -0.2) is 70.3 Å². The maximum atomic E-state index is 12.3. The third-order valence-corrected chi connectivity index (χ3v) is 4.18. The van der Waals surface area contributed by atoms with Gasteiger partial charge < -0.3 is 25.6 Å². The molecule has 0 radical (unpaired) electrons. The van der Waals surface area contributed by atoms with Gasteiger partial charge in [-0.05, 0) is 51.1 Å². The summed E-state index contributed by atoms with van der Waals surface area (Å²) >= 11 is 0. The Morgan fingerprint density at radius 3 is 2.57 bits per heavy atom. The molecule has 1 aromatic carbocycles. The summed E-state index contributed by atoms with van der Waals surface area (Å²) in [5, 5.41) is 9.46. The summed E-state index contributed by atoms with van der Waals surface area (Å²) in [7, 11) is 3.97. The predicted molar refractivity (Wildman–Crippen MR) is 136 cm³/mol. The van der Waals surface area contributed by atoms with Crippen LogP contribution < -0.4 is 16.0 Å². The largest absolute Gasteiger partial charge is 0.380 e. The number of carbonyl (C=O) groups excluding carboxylic acids is 1. The molecule has 0 saturated heterocycles. The second kappa shape index (κ2) is 17.3. The highest BCUT2D eigenvalue weighted by atomic mass is 127. The molecule has 7 nitrogen and oxygen atoms in total. The molecule has 1 amide bonds. The van der Waals surface area contributed by atoms with E-state index in [2.05, 4.69) is 34.8 Å². The third kappa shape index (κ3) is 13.8. The number of rotatable bonds is 13. The summed E-state index contributed by atoms with van der Waals surface area (Å²) in [6.45, 7) is 11.3. The Morgan fingerprint density at radius 1 is 1.13 bits per heavy atom. The Labute approximate surface area is 199 Å². The standard InChI is InChI=1S/C22H39N5O2.HI/c1-6-23-22(25-12-15-29-14-10-18(2)3)26-17-19-8-7-9-20(16-19)21(28)24-11-13-27(4)5;/h7-9,16,18H,6,10-15,17H2,1-5H3,(H,24,28)(H2,23,25,26);1H. The number of ether oxygens (including phenoxy) is 1. The van der Waals surface area contributed by atoms with Crippen LogP contribution in [0.2, 0.25) is 0 Å². The van der Waals surface area contributed by atoms with Crippen molar-refractivity contribution in [2.24, 2.45) is 10.9 Å². The van der Waals surface area contributed by atoms with Crippen LogP contribution in [0.4, 0.5) is 0 Å². The summed E-state index contributed by atoms with van der Waals surface area (Å²) in [4.78, 5) is 18.9. The maximum Gasteiger partial charge on any atom is 0.251 e. The molecule has 172 valence electrons. The fourth-order valence-corrected chi connectivity index (χ4v) is 2.48. The maximum absolute atomic E-state index is 12.3. The van der Waals surface area contributed by atoms with E-state index in [0.717, 1.165) is 37.6 Å². The van der Waals surface area contributed by atoms with Gasteiger partial charge in [-0.1, -0.05) is 26.0 Å². The Balaban J connectivity index is 0.00000841. The summed E-state index contributed by atoms with van der Waals surface area (Å²) in [6.07, 6.45) is 1.08. The van der Waals surface area contributed by atoms with Gasteiger partial charge in [-0.15, -0.1) is 24.0 Å². The van der Waals surface area contributed by atoms with Crippen LogP contribution in [0.15, 0.2) is 29.3 Å². The molecule has 0 aromatic heterocycles. The molecule has 0 aliphatic carbocycles. The molecule has 0 atom stereocenters. The molecule has 0 unspecified atom stereocenters. The monoisotopic (exact) mass is 533 g/mol. The average Bonchev–Trinajstić information content (AvgIpc) is 2.68. The van der Waals surface area contributed by atoms with E-state index in [9.17, 15) is 4.79 Å². The number of likely N-dealkylation sites (N-methyl/N-ethyl adjacent to an activating group) is 1. The molecule has 0 heterocycles. The van der Waals surface area contributed by atoms with Gasteiger partial charge in [0.1, 0.15) is 0 Å². The zero-order valence-electron chi connectivity index (χ0n) is 19.2. The van der Waals surface area contributed by atoms with Gasteiger partial charge in [0.15, 0.2) is 5.96 Å². The molecule has 0 aliphatic rings. The Hall–Kier alpha value is -1.39. The van der Waals surface area contributed by atoms with Gasteiger partial charge in [0.2, 0.25) is 0 Å². The van der Waals surface area contributed by atoms with E-state index in [1.165, 1.54) is 0 Å². The van der Waals surface area contributed by atoms with Crippen LogP contribution >= 0.6 is 24.0 Å². The van der Waals surface area contributed by atoms with Gasteiger partial charge in [0, 0.05) is 38.3 Å². The first kappa shape index (κ1) is 28.6. The van der Waals surface area contributed by atoms with Crippen LogP contribution in [-0.2, 0) is 11.3 Å². The van der Waals surface area contributed by atoms with Crippen molar-refractivity contribution in [1.82, 2.24) is 20.9 Å². The number of aliphatic imine (C=N–C) groups is 1. The normalized spacial score (nSPS) is 11.4.